The van der Waals surface area contributed by atoms with Crippen molar-refractivity contribution < 1.29 is 18.3 Å². The van der Waals surface area contributed by atoms with Gasteiger partial charge < -0.3 is 10.4 Å². The molecule has 1 saturated carbocycles. The second-order valence-corrected chi connectivity index (χ2v) is 4.94. The summed E-state index contributed by atoms with van der Waals surface area (Å²) in [6.45, 7) is -0.103. The molecule has 96 valence electrons. The van der Waals surface area contributed by atoms with Crippen LogP contribution in [-0.4, -0.2) is 26.6 Å². The summed E-state index contributed by atoms with van der Waals surface area (Å²) in [4.78, 5) is 3.40. The summed E-state index contributed by atoms with van der Waals surface area (Å²) >= 11 is 0.674. The number of rotatable bonds is 3. The number of halogens is 3. The maximum Gasteiger partial charge on any atom is 0.452 e. The van der Waals surface area contributed by atoms with Crippen LogP contribution in [0.1, 0.15) is 31.5 Å². The maximum absolute atomic E-state index is 12.3. The van der Waals surface area contributed by atoms with Crippen LogP contribution in [0.3, 0.4) is 0 Å². The number of hydrogen-bond donors (Lipinski definition) is 2. The van der Waals surface area contributed by atoms with Crippen molar-refractivity contribution in [2.24, 2.45) is 0 Å². The molecule has 1 heterocycles. The van der Waals surface area contributed by atoms with Gasteiger partial charge in [0.05, 0.1) is 12.1 Å². The van der Waals surface area contributed by atoms with Gasteiger partial charge in [0.2, 0.25) is 11.0 Å². The molecule has 0 aliphatic heterocycles. The Hall–Kier alpha value is -0.890. The third-order valence-electron chi connectivity index (χ3n) is 2.91. The van der Waals surface area contributed by atoms with E-state index in [9.17, 15) is 18.3 Å². The van der Waals surface area contributed by atoms with Crippen molar-refractivity contribution in [1.29, 1.82) is 0 Å². The van der Waals surface area contributed by atoms with Gasteiger partial charge in [0, 0.05) is 11.5 Å². The van der Waals surface area contributed by atoms with Gasteiger partial charge >= 0.3 is 6.18 Å². The molecule has 2 rings (SSSR count). The summed E-state index contributed by atoms with van der Waals surface area (Å²) in [6.07, 6.45) is -1.12. The first-order valence-electron chi connectivity index (χ1n) is 5.25. The Morgan fingerprint density at radius 1 is 1.35 bits per heavy atom. The minimum Gasteiger partial charge on any atom is -0.394 e. The summed E-state index contributed by atoms with van der Waals surface area (Å²) in [6, 6.07) is 0. The number of alkyl halides is 3. The van der Waals surface area contributed by atoms with Crippen LogP contribution in [0, 0.1) is 0 Å². The molecular weight excluding hydrogens is 255 g/mol. The lowest BCUT2D eigenvalue weighted by atomic mass is 10.00. The van der Waals surface area contributed by atoms with Gasteiger partial charge in [-0.15, -0.1) is 0 Å². The number of aliphatic hydroxyl groups is 1. The van der Waals surface area contributed by atoms with Crippen LogP contribution in [0.4, 0.5) is 18.3 Å². The van der Waals surface area contributed by atoms with Crippen molar-refractivity contribution >= 4 is 16.7 Å². The van der Waals surface area contributed by atoms with Crippen molar-refractivity contribution in [3.05, 3.63) is 5.82 Å². The standard InChI is InChI=1S/C9H12F3N3OS/c10-9(11,12)6-13-7(17-15-6)14-8(5-16)3-1-2-4-8/h16H,1-5H2,(H,13,14,15). The second kappa shape index (κ2) is 4.41. The molecule has 0 atom stereocenters. The van der Waals surface area contributed by atoms with E-state index in [2.05, 4.69) is 14.7 Å². The van der Waals surface area contributed by atoms with Crippen molar-refractivity contribution in [2.75, 3.05) is 11.9 Å². The molecule has 8 heteroatoms. The van der Waals surface area contributed by atoms with Gasteiger partial charge in [0.1, 0.15) is 0 Å². The van der Waals surface area contributed by atoms with Gasteiger partial charge in [-0.05, 0) is 12.8 Å². The molecule has 1 aliphatic carbocycles. The molecule has 0 spiro atoms. The fourth-order valence-electron chi connectivity index (χ4n) is 1.99. The Morgan fingerprint density at radius 2 is 2.00 bits per heavy atom. The van der Waals surface area contributed by atoms with Gasteiger partial charge in [0.15, 0.2) is 0 Å². The zero-order chi connectivity index (χ0) is 12.5. The van der Waals surface area contributed by atoms with Crippen molar-refractivity contribution in [3.8, 4) is 0 Å². The SMILES string of the molecule is OCC1(Nc2nc(C(F)(F)F)ns2)CCCC1. The zero-order valence-electron chi connectivity index (χ0n) is 8.92. The molecule has 0 amide bonds. The average molecular weight is 267 g/mol. The van der Waals surface area contributed by atoms with E-state index < -0.39 is 17.5 Å². The number of aromatic nitrogens is 2. The first-order valence-corrected chi connectivity index (χ1v) is 6.02. The lowest BCUT2D eigenvalue weighted by molar-refractivity contribution is -0.144. The summed E-state index contributed by atoms with van der Waals surface area (Å²) in [5, 5.41) is 12.3. The Bertz CT molecular complexity index is 387. The van der Waals surface area contributed by atoms with Gasteiger partial charge in [-0.25, -0.2) is 0 Å². The van der Waals surface area contributed by atoms with Crippen LogP contribution in [-0.2, 0) is 6.18 Å². The fraction of sp³-hybridized carbons (Fsp3) is 0.778. The van der Waals surface area contributed by atoms with Gasteiger partial charge in [-0.1, -0.05) is 12.8 Å². The van der Waals surface area contributed by atoms with E-state index in [4.69, 9.17) is 0 Å². The van der Waals surface area contributed by atoms with Gasteiger partial charge in [0.25, 0.3) is 0 Å². The molecule has 0 unspecified atom stereocenters. The number of hydrogen-bond acceptors (Lipinski definition) is 5. The highest BCUT2D eigenvalue weighted by Crippen LogP contribution is 2.35. The molecule has 1 aliphatic rings. The van der Waals surface area contributed by atoms with Gasteiger partial charge in [-0.3, -0.25) is 0 Å². The molecule has 0 radical (unpaired) electrons. The van der Waals surface area contributed by atoms with E-state index in [1.54, 1.807) is 0 Å². The first-order chi connectivity index (χ1) is 7.95. The molecule has 1 aromatic heterocycles. The smallest absolute Gasteiger partial charge is 0.394 e. The highest BCUT2D eigenvalue weighted by atomic mass is 32.1. The number of anilines is 1. The van der Waals surface area contributed by atoms with Crippen molar-refractivity contribution in [1.82, 2.24) is 9.36 Å². The van der Waals surface area contributed by atoms with Crippen molar-refractivity contribution in [2.45, 2.75) is 37.4 Å². The van der Waals surface area contributed by atoms with E-state index in [0.717, 1.165) is 25.7 Å². The van der Waals surface area contributed by atoms with Crippen LogP contribution in [0.2, 0.25) is 0 Å². The summed E-state index contributed by atoms with van der Waals surface area (Å²) in [5.74, 6) is -1.13. The highest BCUT2D eigenvalue weighted by molar-refractivity contribution is 7.09. The van der Waals surface area contributed by atoms with Crippen LogP contribution in [0.25, 0.3) is 0 Å². The molecule has 2 N–H and O–H groups in total. The number of nitrogens with one attached hydrogen (secondary N) is 1. The average Bonchev–Trinajstić information content (AvgIpc) is 2.87. The number of nitrogens with zero attached hydrogens (tertiary/aromatic N) is 2. The summed E-state index contributed by atoms with van der Waals surface area (Å²) < 4.78 is 40.1. The second-order valence-electron chi connectivity index (χ2n) is 4.19. The summed E-state index contributed by atoms with van der Waals surface area (Å²) in [7, 11) is 0. The molecule has 0 bridgehead atoms. The lowest BCUT2D eigenvalue weighted by Crippen LogP contribution is -2.38. The van der Waals surface area contributed by atoms with E-state index >= 15 is 0 Å². The largest absolute Gasteiger partial charge is 0.452 e. The normalized spacial score (nSPS) is 19.5. The molecule has 1 aromatic rings. The molecule has 1 fully saturated rings. The minimum absolute atomic E-state index is 0.103. The quantitative estimate of drug-likeness (QED) is 0.882. The molecule has 0 aromatic carbocycles. The third-order valence-corrected chi connectivity index (χ3v) is 3.55. The molecule has 17 heavy (non-hydrogen) atoms. The van der Waals surface area contributed by atoms with Crippen LogP contribution in [0.15, 0.2) is 0 Å². The Labute approximate surface area is 100 Å². The van der Waals surface area contributed by atoms with E-state index in [1.165, 1.54) is 0 Å². The summed E-state index contributed by atoms with van der Waals surface area (Å²) in [5.41, 5.74) is -0.525. The zero-order valence-corrected chi connectivity index (χ0v) is 9.74. The van der Waals surface area contributed by atoms with Crippen LogP contribution >= 0.6 is 11.5 Å². The number of aliphatic hydroxyl groups excluding tert-OH is 1. The fourth-order valence-corrected chi connectivity index (χ4v) is 2.70. The maximum atomic E-state index is 12.3. The Balaban J connectivity index is 2.11. The molecular formula is C9H12F3N3OS. The van der Waals surface area contributed by atoms with Crippen molar-refractivity contribution in [3.63, 3.8) is 0 Å². The van der Waals surface area contributed by atoms with E-state index in [0.29, 0.717) is 11.5 Å². The third kappa shape index (κ3) is 2.68. The minimum atomic E-state index is -4.52. The van der Waals surface area contributed by atoms with Crippen LogP contribution in [0.5, 0.6) is 0 Å². The van der Waals surface area contributed by atoms with E-state index in [-0.39, 0.29) is 11.7 Å². The predicted molar refractivity (Wildman–Crippen MR) is 56.8 cm³/mol. The van der Waals surface area contributed by atoms with E-state index in [1.807, 2.05) is 0 Å². The predicted octanol–water partition coefficient (Wildman–Crippen LogP) is 2.27. The Morgan fingerprint density at radius 3 is 2.47 bits per heavy atom. The topological polar surface area (TPSA) is 58.0 Å². The Kier molecular flexibility index (Phi) is 3.26. The first kappa shape index (κ1) is 12.6. The van der Waals surface area contributed by atoms with Gasteiger partial charge in [-0.2, -0.15) is 22.5 Å². The van der Waals surface area contributed by atoms with Crippen LogP contribution < -0.4 is 5.32 Å². The molecule has 0 saturated heterocycles. The molecule has 4 nitrogen and oxygen atoms in total. The highest BCUT2D eigenvalue weighted by Gasteiger charge is 2.38. The monoisotopic (exact) mass is 267 g/mol. The lowest BCUT2D eigenvalue weighted by Gasteiger charge is -2.27.